The minimum atomic E-state index is 0.596. The first kappa shape index (κ1) is 10.6. The lowest BCUT2D eigenvalue weighted by molar-refractivity contribution is 0.545. The number of rotatable bonds is 4. The first-order valence-corrected chi connectivity index (χ1v) is 5.04. The Bertz CT molecular complexity index is 260. The summed E-state index contributed by atoms with van der Waals surface area (Å²) in [6, 6.07) is 8.02. The number of halogens is 1. The third kappa shape index (κ3) is 3.79. The zero-order valence-corrected chi connectivity index (χ0v) is 8.72. The molecule has 0 saturated heterocycles. The number of hydrogen-bond acceptors (Lipinski definition) is 1. The van der Waals surface area contributed by atoms with Gasteiger partial charge in [-0.05, 0) is 43.0 Å². The van der Waals surface area contributed by atoms with Crippen molar-refractivity contribution in [2.45, 2.75) is 19.8 Å². The molecule has 1 nitrogen and oxygen atoms in total. The van der Waals surface area contributed by atoms with Gasteiger partial charge in [-0.3, -0.25) is 0 Å². The van der Waals surface area contributed by atoms with Crippen LogP contribution in [-0.4, -0.2) is 6.54 Å². The van der Waals surface area contributed by atoms with E-state index < -0.39 is 0 Å². The van der Waals surface area contributed by atoms with Gasteiger partial charge in [0.05, 0.1) is 0 Å². The molecular weight excluding hydrogens is 182 g/mol. The van der Waals surface area contributed by atoms with Crippen LogP contribution in [0.2, 0.25) is 5.02 Å². The second kappa shape index (κ2) is 5.25. The van der Waals surface area contributed by atoms with Crippen LogP contribution in [0.1, 0.15) is 18.9 Å². The average Bonchev–Trinajstić information content (AvgIpc) is 2.14. The standard InChI is InChI=1S/C11H16ClN/c1-9(8-13)5-6-10-3-2-4-11(12)7-10/h2-4,7,9H,5-6,8,13H2,1H3. The maximum absolute atomic E-state index is 5.87. The lowest BCUT2D eigenvalue weighted by Crippen LogP contribution is -2.11. The molecule has 0 saturated carbocycles. The molecule has 0 aliphatic rings. The SMILES string of the molecule is CC(CN)CCc1cccc(Cl)c1. The quantitative estimate of drug-likeness (QED) is 0.790. The first-order valence-electron chi connectivity index (χ1n) is 4.67. The van der Waals surface area contributed by atoms with Crippen molar-refractivity contribution in [1.29, 1.82) is 0 Å². The Morgan fingerprint density at radius 1 is 1.46 bits per heavy atom. The molecule has 0 amide bonds. The molecule has 0 spiro atoms. The largest absolute Gasteiger partial charge is 0.330 e. The number of hydrogen-bond donors (Lipinski definition) is 1. The van der Waals surface area contributed by atoms with Crippen LogP contribution in [0.5, 0.6) is 0 Å². The second-order valence-corrected chi connectivity index (χ2v) is 3.95. The molecule has 0 aliphatic heterocycles. The van der Waals surface area contributed by atoms with E-state index in [4.69, 9.17) is 17.3 Å². The van der Waals surface area contributed by atoms with Gasteiger partial charge in [0.15, 0.2) is 0 Å². The van der Waals surface area contributed by atoms with E-state index in [1.807, 2.05) is 18.2 Å². The molecule has 1 unspecified atom stereocenters. The zero-order chi connectivity index (χ0) is 9.68. The highest BCUT2D eigenvalue weighted by Gasteiger charge is 2.00. The van der Waals surface area contributed by atoms with Gasteiger partial charge < -0.3 is 5.73 Å². The predicted octanol–water partition coefficient (Wildman–Crippen LogP) is 2.87. The molecule has 0 heterocycles. The molecule has 1 aromatic rings. The molecule has 0 radical (unpaired) electrons. The van der Waals surface area contributed by atoms with Crippen LogP contribution in [0.3, 0.4) is 0 Å². The molecule has 0 fully saturated rings. The second-order valence-electron chi connectivity index (χ2n) is 3.51. The smallest absolute Gasteiger partial charge is 0.0408 e. The summed E-state index contributed by atoms with van der Waals surface area (Å²) in [5, 5.41) is 0.818. The van der Waals surface area contributed by atoms with E-state index in [1.54, 1.807) is 0 Å². The molecule has 2 N–H and O–H groups in total. The van der Waals surface area contributed by atoms with Crippen molar-refractivity contribution in [3.63, 3.8) is 0 Å². The van der Waals surface area contributed by atoms with Gasteiger partial charge >= 0.3 is 0 Å². The van der Waals surface area contributed by atoms with Gasteiger partial charge in [-0.25, -0.2) is 0 Å². The molecule has 13 heavy (non-hydrogen) atoms. The molecule has 0 bridgehead atoms. The van der Waals surface area contributed by atoms with Crippen molar-refractivity contribution < 1.29 is 0 Å². The Balaban J connectivity index is 2.45. The van der Waals surface area contributed by atoms with Gasteiger partial charge in [0.2, 0.25) is 0 Å². The van der Waals surface area contributed by atoms with E-state index >= 15 is 0 Å². The Morgan fingerprint density at radius 2 is 2.23 bits per heavy atom. The minimum Gasteiger partial charge on any atom is -0.330 e. The van der Waals surface area contributed by atoms with Gasteiger partial charge in [0.25, 0.3) is 0 Å². The van der Waals surface area contributed by atoms with Crippen LogP contribution >= 0.6 is 11.6 Å². The lowest BCUT2D eigenvalue weighted by Gasteiger charge is -2.07. The molecule has 0 aliphatic carbocycles. The molecule has 0 aromatic heterocycles. The van der Waals surface area contributed by atoms with Crippen LogP contribution < -0.4 is 5.73 Å². The number of benzene rings is 1. The van der Waals surface area contributed by atoms with Crippen molar-refractivity contribution in [2.24, 2.45) is 11.7 Å². The average molecular weight is 198 g/mol. The fourth-order valence-corrected chi connectivity index (χ4v) is 1.44. The Morgan fingerprint density at radius 3 is 2.85 bits per heavy atom. The van der Waals surface area contributed by atoms with Gasteiger partial charge in [-0.1, -0.05) is 30.7 Å². The number of nitrogens with two attached hydrogens (primary N) is 1. The normalized spacial score (nSPS) is 12.8. The maximum Gasteiger partial charge on any atom is 0.0408 e. The molecule has 72 valence electrons. The van der Waals surface area contributed by atoms with E-state index in [9.17, 15) is 0 Å². The first-order chi connectivity index (χ1) is 6.22. The summed E-state index contributed by atoms with van der Waals surface area (Å²) in [6.07, 6.45) is 2.20. The topological polar surface area (TPSA) is 26.0 Å². The maximum atomic E-state index is 5.87. The van der Waals surface area contributed by atoms with E-state index in [0.29, 0.717) is 5.92 Å². The minimum absolute atomic E-state index is 0.596. The summed E-state index contributed by atoms with van der Waals surface area (Å²) in [5.74, 6) is 0.596. The van der Waals surface area contributed by atoms with E-state index in [1.165, 1.54) is 5.56 Å². The fourth-order valence-electron chi connectivity index (χ4n) is 1.22. The Labute approximate surface area is 84.9 Å². The van der Waals surface area contributed by atoms with Crippen molar-refractivity contribution in [3.8, 4) is 0 Å². The van der Waals surface area contributed by atoms with Crippen molar-refractivity contribution >= 4 is 11.6 Å². The van der Waals surface area contributed by atoms with Crippen molar-refractivity contribution in [1.82, 2.24) is 0 Å². The third-order valence-corrected chi connectivity index (χ3v) is 2.45. The molecule has 1 aromatic carbocycles. The highest BCUT2D eigenvalue weighted by Crippen LogP contribution is 2.14. The predicted molar refractivity (Wildman–Crippen MR) is 58.0 cm³/mol. The van der Waals surface area contributed by atoms with E-state index in [0.717, 1.165) is 24.4 Å². The monoisotopic (exact) mass is 197 g/mol. The summed E-state index contributed by atoms with van der Waals surface area (Å²) in [4.78, 5) is 0. The lowest BCUT2D eigenvalue weighted by atomic mass is 10.0. The van der Waals surface area contributed by atoms with Gasteiger partial charge in [0, 0.05) is 5.02 Å². The highest BCUT2D eigenvalue weighted by molar-refractivity contribution is 6.30. The summed E-state index contributed by atoms with van der Waals surface area (Å²) in [7, 11) is 0. The van der Waals surface area contributed by atoms with Gasteiger partial charge in [-0.15, -0.1) is 0 Å². The Hall–Kier alpha value is -0.530. The van der Waals surface area contributed by atoms with Crippen LogP contribution in [0.25, 0.3) is 0 Å². The molecule has 1 rings (SSSR count). The number of aryl methyl sites for hydroxylation is 1. The van der Waals surface area contributed by atoms with Crippen LogP contribution in [0, 0.1) is 5.92 Å². The fraction of sp³-hybridized carbons (Fsp3) is 0.455. The summed E-state index contributed by atoms with van der Waals surface area (Å²) < 4.78 is 0. The summed E-state index contributed by atoms with van der Waals surface area (Å²) in [5.41, 5.74) is 6.84. The third-order valence-electron chi connectivity index (χ3n) is 2.22. The van der Waals surface area contributed by atoms with Gasteiger partial charge in [-0.2, -0.15) is 0 Å². The van der Waals surface area contributed by atoms with Crippen molar-refractivity contribution in [2.75, 3.05) is 6.54 Å². The van der Waals surface area contributed by atoms with Crippen LogP contribution in [-0.2, 0) is 6.42 Å². The molecule has 1 atom stereocenters. The van der Waals surface area contributed by atoms with E-state index in [-0.39, 0.29) is 0 Å². The van der Waals surface area contributed by atoms with Crippen LogP contribution in [0.4, 0.5) is 0 Å². The summed E-state index contributed by atoms with van der Waals surface area (Å²) >= 11 is 5.87. The molecular formula is C11H16ClN. The Kier molecular flexibility index (Phi) is 4.26. The van der Waals surface area contributed by atoms with Gasteiger partial charge in [0.1, 0.15) is 0 Å². The highest BCUT2D eigenvalue weighted by atomic mass is 35.5. The van der Waals surface area contributed by atoms with Crippen LogP contribution in [0.15, 0.2) is 24.3 Å². The molecule has 2 heteroatoms. The summed E-state index contributed by atoms with van der Waals surface area (Å²) in [6.45, 7) is 2.94. The zero-order valence-electron chi connectivity index (χ0n) is 7.96. The van der Waals surface area contributed by atoms with E-state index in [2.05, 4.69) is 13.0 Å². The van der Waals surface area contributed by atoms with Crippen molar-refractivity contribution in [3.05, 3.63) is 34.9 Å².